The van der Waals surface area contributed by atoms with Crippen molar-refractivity contribution in [3.8, 4) is 11.3 Å². The average molecular weight is 353 g/mol. The van der Waals surface area contributed by atoms with Crippen LogP contribution in [0.5, 0.6) is 0 Å². The van der Waals surface area contributed by atoms with E-state index >= 15 is 0 Å². The van der Waals surface area contributed by atoms with Gasteiger partial charge in [-0.25, -0.2) is 4.79 Å². The van der Waals surface area contributed by atoms with Crippen molar-refractivity contribution in [1.82, 2.24) is 14.9 Å². The van der Waals surface area contributed by atoms with Crippen LogP contribution in [0.2, 0.25) is 0 Å². The van der Waals surface area contributed by atoms with Crippen molar-refractivity contribution in [3.05, 3.63) is 58.0 Å². The highest BCUT2D eigenvalue weighted by Gasteiger charge is 2.13. The van der Waals surface area contributed by atoms with Crippen molar-refractivity contribution in [3.63, 3.8) is 0 Å². The third-order valence-electron chi connectivity index (χ3n) is 4.64. The SMILES string of the molecule is O=C(O)c1c[nH]c(=O)c(-c2cc3cc(CN4CCOCC4)ccc3[nH]2)c1. The number of aromatic carboxylic acids is 1. The molecule has 7 nitrogen and oxygen atoms in total. The molecule has 0 aliphatic carbocycles. The van der Waals surface area contributed by atoms with Gasteiger partial charge in [-0.2, -0.15) is 0 Å². The number of pyridine rings is 1. The summed E-state index contributed by atoms with van der Waals surface area (Å²) < 4.78 is 5.38. The van der Waals surface area contributed by atoms with Gasteiger partial charge in [-0.3, -0.25) is 9.69 Å². The minimum atomic E-state index is -1.08. The smallest absolute Gasteiger partial charge is 0.337 e. The van der Waals surface area contributed by atoms with Crippen molar-refractivity contribution >= 4 is 16.9 Å². The molecule has 0 atom stereocenters. The van der Waals surface area contributed by atoms with Gasteiger partial charge in [0.25, 0.3) is 5.56 Å². The molecule has 3 aromatic rings. The quantitative estimate of drug-likeness (QED) is 0.667. The number of fused-ring (bicyclic) bond motifs is 1. The van der Waals surface area contributed by atoms with E-state index in [2.05, 4.69) is 27.0 Å². The number of aromatic amines is 2. The fraction of sp³-hybridized carbons (Fsp3) is 0.263. The number of nitrogens with one attached hydrogen (secondary N) is 2. The molecule has 1 aromatic carbocycles. The molecule has 1 fully saturated rings. The van der Waals surface area contributed by atoms with Crippen LogP contribution < -0.4 is 5.56 Å². The summed E-state index contributed by atoms with van der Waals surface area (Å²) in [5, 5.41) is 10.1. The fourth-order valence-corrected chi connectivity index (χ4v) is 3.25. The standard InChI is InChI=1S/C19H19N3O4/c23-18-15(8-14(10-20-18)19(24)25)17-9-13-7-12(1-2-16(13)21-17)11-22-3-5-26-6-4-22/h1-2,7-10,21H,3-6,11H2,(H,20,23)(H,24,25). The Morgan fingerprint density at radius 1 is 1.19 bits per heavy atom. The normalized spacial score (nSPS) is 15.4. The van der Waals surface area contributed by atoms with Crippen LogP contribution >= 0.6 is 0 Å². The second-order valence-electron chi connectivity index (χ2n) is 6.43. The van der Waals surface area contributed by atoms with Crippen LogP contribution in [0.3, 0.4) is 0 Å². The molecule has 2 aromatic heterocycles. The van der Waals surface area contributed by atoms with Gasteiger partial charge in [0.05, 0.1) is 30.0 Å². The summed E-state index contributed by atoms with van der Waals surface area (Å²) in [5.41, 5.74) is 2.74. The molecule has 1 saturated heterocycles. The Kier molecular flexibility index (Phi) is 4.32. The molecule has 3 N–H and O–H groups in total. The third-order valence-corrected chi connectivity index (χ3v) is 4.64. The zero-order valence-electron chi connectivity index (χ0n) is 14.1. The molecule has 0 bridgehead atoms. The van der Waals surface area contributed by atoms with Gasteiger partial charge < -0.3 is 19.8 Å². The number of morpholine rings is 1. The molecule has 0 radical (unpaired) electrons. The van der Waals surface area contributed by atoms with E-state index in [9.17, 15) is 9.59 Å². The average Bonchev–Trinajstić information content (AvgIpc) is 3.06. The lowest BCUT2D eigenvalue weighted by Gasteiger charge is -2.26. The number of aromatic nitrogens is 2. The number of H-pyrrole nitrogens is 2. The maximum atomic E-state index is 12.1. The van der Waals surface area contributed by atoms with Gasteiger partial charge in [-0.05, 0) is 29.8 Å². The van der Waals surface area contributed by atoms with E-state index < -0.39 is 5.97 Å². The Labute approximate surface area is 149 Å². The van der Waals surface area contributed by atoms with Crippen molar-refractivity contribution in [2.75, 3.05) is 26.3 Å². The lowest BCUT2D eigenvalue weighted by molar-refractivity contribution is 0.0342. The number of rotatable bonds is 4. The van der Waals surface area contributed by atoms with Crippen LogP contribution in [0.1, 0.15) is 15.9 Å². The zero-order chi connectivity index (χ0) is 18.1. The van der Waals surface area contributed by atoms with Crippen LogP contribution in [0.15, 0.2) is 41.3 Å². The highest BCUT2D eigenvalue weighted by molar-refractivity contribution is 5.90. The number of ether oxygens (including phenoxy) is 1. The van der Waals surface area contributed by atoms with Crippen molar-refractivity contribution < 1.29 is 14.6 Å². The maximum Gasteiger partial charge on any atom is 0.337 e. The van der Waals surface area contributed by atoms with Gasteiger partial charge in [0.15, 0.2) is 0 Å². The number of nitrogens with zero attached hydrogens (tertiary/aromatic N) is 1. The first-order chi connectivity index (χ1) is 12.6. The Balaban J connectivity index is 1.66. The Hall–Kier alpha value is -2.90. The Morgan fingerprint density at radius 2 is 2.00 bits per heavy atom. The molecule has 134 valence electrons. The minimum absolute atomic E-state index is 0.0475. The first-order valence-corrected chi connectivity index (χ1v) is 8.48. The minimum Gasteiger partial charge on any atom is -0.478 e. The van der Waals surface area contributed by atoms with Crippen LogP contribution in [-0.4, -0.2) is 52.2 Å². The molecular formula is C19H19N3O4. The molecule has 0 amide bonds. The molecular weight excluding hydrogens is 334 g/mol. The molecule has 1 aliphatic rings. The summed E-state index contributed by atoms with van der Waals surface area (Å²) in [7, 11) is 0. The van der Waals surface area contributed by atoms with Gasteiger partial charge in [0, 0.05) is 36.7 Å². The molecule has 4 rings (SSSR count). The molecule has 0 saturated carbocycles. The van der Waals surface area contributed by atoms with E-state index in [1.165, 1.54) is 17.8 Å². The van der Waals surface area contributed by atoms with Crippen molar-refractivity contribution in [2.45, 2.75) is 6.54 Å². The second kappa shape index (κ2) is 6.78. The van der Waals surface area contributed by atoms with E-state index in [-0.39, 0.29) is 11.1 Å². The maximum absolute atomic E-state index is 12.1. The molecule has 3 heterocycles. The second-order valence-corrected chi connectivity index (χ2v) is 6.43. The van der Waals surface area contributed by atoms with Crippen molar-refractivity contribution in [2.24, 2.45) is 0 Å². The van der Waals surface area contributed by atoms with E-state index in [0.717, 1.165) is 43.8 Å². The summed E-state index contributed by atoms with van der Waals surface area (Å²) in [5.74, 6) is -1.08. The van der Waals surface area contributed by atoms with Gasteiger partial charge in [-0.1, -0.05) is 6.07 Å². The molecule has 7 heteroatoms. The lowest BCUT2D eigenvalue weighted by atomic mass is 10.1. The molecule has 0 spiro atoms. The highest BCUT2D eigenvalue weighted by Crippen LogP contribution is 2.24. The number of benzene rings is 1. The largest absolute Gasteiger partial charge is 0.478 e. The number of carboxylic acids is 1. The lowest BCUT2D eigenvalue weighted by Crippen LogP contribution is -2.35. The predicted octanol–water partition coefficient (Wildman–Crippen LogP) is 2.05. The third kappa shape index (κ3) is 3.26. The summed E-state index contributed by atoms with van der Waals surface area (Å²) in [6.07, 6.45) is 1.21. The van der Waals surface area contributed by atoms with E-state index in [4.69, 9.17) is 9.84 Å². The van der Waals surface area contributed by atoms with Crippen molar-refractivity contribution in [1.29, 1.82) is 0 Å². The summed E-state index contributed by atoms with van der Waals surface area (Å²) in [4.78, 5) is 31.3. The van der Waals surface area contributed by atoms with Crippen LogP contribution in [0, 0.1) is 0 Å². The van der Waals surface area contributed by atoms with Crippen LogP contribution in [0.25, 0.3) is 22.2 Å². The van der Waals surface area contributed by atoms with E-state index in [1.807, 2.05) is 12.1 Å². The number of hydrogen-bond donors (Lipinski definition) is 3. The van der Waals surface area contributed by atoms with Crippen LogP contribution in [-0.2, 0) is 11.3 Å². The number of carboxylic acid groups (broad SMARTS) is 1. The summed E-state index contributed by atoms with van der Waals surface area (Å²) in [6, 6.07) is 9.43. The monoisotopic (exact) mass is 353 g/mol. The van der Waals surface area contributed by atoms with E-state index in [0.29, 0.717) is 11.3 Å². The molecule has 0 unspecified atom stereocenters. The van der Waals surface area contributed by atoms with Gasteiger partial charge in [0.1, 0.15) is 0 Å². The molecule has 26 heavy (non-hydrogen) atoms. The Bertz CT molecular complexity index is 1020. The Morgan fingerprint density at radius 3 is 2.77 bits per heavy atom. The van der Waals surface area contributed by atoms with Gasteiger partial charge in [-0.15, -0.1) is 0 Å². The zero-order valence-corrected chi connectivity index (χ0v) is 14.1. The van der Waals surface area contributed by atoms with Gasteiger partial charge in [0.2, 0.25) is 0 Å². The summed E-state index contributed by atoms with van der Waals surface area (Å²) in [6.45, 7) is 4.23. The van der Waals surface area contributed by atoms with Gasteiger partial charge >= 0.3 is 5.97 Å². The fourth-order valence-electron chi connectivity index (χ4n) is 3.25. The first kappa shape index (κ1) is 16.6. The number of hydrogen-bond acceptors (Lipinski definition) is 4. The topological polar surface area (TPSA) is 98.4 Å². The number of carbonyl (C=O) groups is 1. The molecule has 1 aliphatic heterocycles. The highest BCUT2D eigenvalue weighted by atomic mass is 16.5. The van der Waals surface area contributed by atoms with Crippen LogP contribution in [0.4, 0.5) is 0 Å². The first-order valence-electron chi connectivity index (χ1n) is 8.48. The predicted molar refractivity (Wildman–Crippen MR) is 97.4 cm³/mol. The summed E-state index contributed by atoms with van der Waals surface area (Å²) >= 11 is 0. The van der Waals surface area contributed by atoms with E-state index in [1.54, 1.807) is 0 Å².